The maximum atomic E-state index is 13.0. The number of carbonyl (C=O) groups is 4. The van der Waals surface area contributed by atoms with Crippen LogP contribution in [0.1, 0.15) is 357 Å². The number of hydrogen-bond donors (Lipinski definition) is 3. The van der Waals surface area contributed by atoms with Crippen molar-refractivity contribution in [2.75, 3.05) is 39.6 Å². The highest BCUT2D eigenvalue weighted by Gasteiger charge is 2.30. The summed E-state index contributed by atoms with van der Waals surface area (Å²) < 4.78 is 68.2. The third-order valence-corrected chi connectivity index (χ3v) is 18.6. The van der Waals surface area contributed by atoms with Crippen LogP contribution in [0.25, 0.3) is 0 Å². The van der Waals surface area contributed by atoms with E-state index in [0.29, 0.717) is 25.7 Å². The summed E-state index contributed by atoms with van der Waals surface area (Å²) in [5.74, 6) is 0.176. The minimum absolute atomic E-state index is 0.104. The van der Waals surface area contributed by atoms with Gasteiger partial charge in [0.25, 0.3) is 0 Å². The van der Waals surface area contributed by atoms with Crippen molar-refractivity contribution < 1.29 is 80.2 Å². The summed E-state index contributed by atoms with van der Waals surface area (Å²) in [5.41, 5.74) is 0. The van der Waals surface area contributed by atoms with Crippen molar-refractivity contribution in [2.45, 2.75) is 375 Å². The molecule has 0 aliphatic heterocycles. The van der Waals surface area contributed by atoms with E-state index in [2.05, 4.69) is 48.5 Å². The highest BCUT2D eigenvalue weighted by Crippen LogP contribution is 2.45. The van der Waals surface area contributed by atoms with Gasteiger partial charge in [-0.1, -0.05) is 305 Å². The molecular weight excluding hydrogens is 1190 g/mol. The molecule has 3 unspecified atom stereocenters. The Bertz CT molecular complexity index is 1770. The lowest BCUT2D eigenvalue weighted by molar-refractivity contribution is -0.161. The molecule has 0 aliphatic rings. The second-order valence-corrected chi connectivity index (χ2v) is 29.7. The lowest BCUT2D eigenvalue weighted by Gasteiger charge is -2.21. The highest BCUT2D eigenvalue weighted by molar-refractivity contribution is 7.47. The summed E-state index contributed by atoms with van der Waals surface area (Å²) in [6.07, 6.45) is 45.9. The van der Waals surface area contributed by atoms with Gasteiger partial charge in [0.05, 0.1) is 26.4 Å². The van der Waals surface area contributed by atoms with Crippen molar-refractivity contribution in [1.82, 2.24) is 0 Å². The van der Waals surface area contributed by atoms with Crippen LogP contribution in [0.15, 0.2) is 0 Å². The first-order valence-electron chi connectivity index (χ1n) is 36.9. The Morgan fingerprint density at radius 2 is 0.567 bits per heavy atom. The number of rotatable bonds is 69. The van der Waals surface area contributed by atoms with E-state index < -0.39 is 97.5 Å². The first kappa shape index (κ1) is 88.1. The van der Waals surface area contributed by atoms with E-state index in [4.69, 9.17) is 37.0 Å². The van der Waals surface area contributed by atoms with Crippen LogP contribution in [0.3, 0.4) is 0 Å². The lowest BCUT2D eigenvalue weighted by atomic mass is 9.99. The highest BCUT2D eigenvalue weighted by atomic mass is 31.2. The molecule has 0 heterocycles. The SMILES string of the molecule is CCCCCCCCCCC(=O)OC[C@H](COP(=O)(O)OC[C@H](O)COP(=O)(O)OC[C@@H](COC(=O)CCCCCCCCCCC(C)CC)OC(=O)CCCCCCCCCCCCCCCCCCC(C)C)OC(=O)CCCCCCCCCCC(C)C. The van der Waals surface area contributed by atoms with Gasteiger partial charge in [-0.15, -0.1) is 0 Å². The van der Waals surface area contributed by atoms with Crippen LogP contribution in [0.4, 0.5) is 0 Å². The molecule has 0 bridgehead atoms. The molecule has 0 fully saturated rings. The summed E-state index contributed by atoms with van der Waals surface area (Å²) in [7, 11) is -9.90. The van der Waals surface area contributed by atoms with Crippen molar-refractivity contribution in [3.05, 3.63) is 0 Å². The number of phosphoric ester groups is 2. The fraction of sp³-hybridized carbons (Fsp3) is 0.944. The zero-order chi connectivity index (χ0) is 66.6. The molecule has 0 saturated carbocycles. The Morgan fingerprint density at radius 1 is 0.322 bits per heavy atom. The standard InChI is InChI=1S/C71H138O17P2/c1-8-10-11-12-13-31-38-45-52-68(73)81-58-66(88-71(76)55-48-41-34-26-24-29-36-43-50-63(5)6)60-85-89(77,78)83-56-65(72)57-84-90(79,80)86-61-67(59-82-69(74)53-46-39-32-27-25-30-37-44-51-64(7)9-2)87-70(75)54-47-40-33-23-21-19-17-15-14-16-18-20-22-28-35-42-49-62(3)4/h62-67,72H,8-61H2,1-7H3,(H,77,78)(H,79,80)/t64?,65-,66+,67+/m0/s1. The van der Waals surface area contributed by atoms with Crippen molar-refractivity contribution in [2.24, 2.45) is 17.8 Å². The van der Waals surface area contributed by atoms with Gasteiger partial charge >= 0.3 is 39.5 Å². The molecule has 534 valence electrons. The third-order valence-electron chi connectivity index (χ3n) is 16.7. The Hall–Kier alpha value is -1.94. The van der Waals surface area contributed by atoms with Gasteiger partial charge in [-0.25, -0.2) is 9.13 Å². The van der Waals surface area contributed by atoms with Crippen LogP contribution in [0.2, 0.25) is 0 Å². The molecule has 19 heteroatoms. The average Bonchev–Trinajstić information content (AvgIpc) is 3.38. The van der Waals surface area contributed by atoms with E-state index in [0.717, 1.165) is 114 Å². The summed E-state index contributed by atoms with van der Waals surface area (Å²) in [6.45, 7) is 11.8. The summed E-state index contributed by atoms with van der Waals surface area (Å²) in [4.78, 5) is 72.5. The Labute approximate surface area is 549 Å². The number of aliphatic hydroxyl groups is 1. The summed E-state index contributed by atoms with van der Waals surface area (Å²) in [5, 5.41) is 10.6. The Balaban J connectivity index is 5.20. The minimum Gasteiger partial charge on any atom is -0.462 e. The van der Waals surface area contributed by atoms with Crippen molar-refractivity contribution in [1.29, 1.82) is 0 Å². The van der Waals surface area contributed by atoms with E-state index in [1.807, 2.05) is 0 Å². The van der Waals surface area contributed by atoms with E-state index in [-0.39, 0.29) is 25.7 Å². The maximum Gasteiger partial charge on any atom is 0.472 e. The molecule has 17 nitrogen and oxygen atoms in total. The number of hydrogen-bond acceptors (Lipinski definition) is 15. The molecule has 0 saturated heterocycles. The van der Waals surface area contributed by atoms with Crippen LogP contribution < -0.4 is 0 Å². The van der Waals surface area contributed by atoms with E-state index in [1.165, 1.54) is 161 Å². The predicted molar refractivity (Wildman–Crippen MR) is 363 cm³/mol. The smallest absolute Gasteiger partial charge is 0.462 e. The van der Waals surface area contributed by atoms with Crippen LogP contribution in [-0.4, -0.2) is 96.7 Å². The molecule has 0 amide bonds. The first-order valence-corrected chi connectivity index (χ1v) is 39.9. The summed E-state index contributed by atoms with van der Waals surface area (Å²) >= 11 is 0. The quantitative estimate of drug-likeness (QED) is 0.0222. The maximum absolute atomic E-state index is 13.0. The number of esters is 4. The number of ether oxygens (including phenoxy) is 4. The fourth-order valence-corrected chi connectivity index (χ4v) is 12.3. The van der Waals surface area contributed by atoms with Gasteiger partial charge in [0.1, 0.15) is 19.3 Å². The second-order valence-electron chi connectivity index (χ2n) is 26.8. The van der Waals surface area contributed by atoms with E-state index >= 15 is 0 Å². The number of aliphatic hydroxyl groups excluding tert-OH is 1. The van der Waals surface area contributed by atoms with Crippen molar-refractivity contribution >= 4 is 39.5 Å². The number of carbonyl (C=O) groups excluding carboxylic acids is 4. The summed E-state index contributed by atoms with van der Waals surface area (Å²) in [6, 6.07) is 0. The molecule has 0 radical (unpaired) electrons. The van der Waals surface area contributed by atoms with Crippen LogP contribution >= 0.6 is 15.6 Å². The third kappa shape index (κ3) is 63.5. The molecule has 90 heavy (non-hydrogen) atoms. The molecule has 0 aliphatic carbocycles. The lowest BCUT2D eigenvalue weighted by Crippen LogP contribution is -2.30. The van der Waals surface area contributed by atoms with Gasteiger partial charge in [0.2, 0.25) is 0 Å². The van der Waals surface area contributed by atoms with Crippen molar-refractivity contribution in [3.63, 3.8) is 0 Å². The number of unbranched alkanes of at least 4 members (excludes halogenated alkanes) is 36. The van der Waals surface area contributed by atoms with Gasteiger partial charge < -0.3 is 33.8 Å². The molecular formula is C71H138O17P2. The normalized spacial score (nSPS) is 14.5. The Kier molecular flexibility index (Phi) is 60.6. The van der Waals surface area contributed by atoms with Gasteiger partial charge in [0, 0.05) is 25.7 Å². The van der Waals surface area contributed by atoms with Crippen LogP contribution in [0.5, 0.6) is 0 Å². The molecule has 3 N–H and O–H groups in total. The van der Waals surface area contributed by atoms with E-state index in [9.17, 15) is 43.2 Å². The second kappa shape index (κ2) is 61.9. The molecule has 0 aromatic heterocycles. The molecule has 0 aromatic rings. The first-order chi connectivity index (χ1) is 43.3. The fourth-order valence-electron chi connectivity index (χ4n) is 10.7. The van der Waals surface area contributed by atoms with Crippen molar-refractivity contribution in [3.8, 4) is 0 Å². The molecule has 0 aromatic carbocycles. The van der Waals surface area contributed by atoms with Crippen LogP contribution in [0, 0.1) is 17.8 Å². The molecule has 6 atom stereocenters. The van der Waals surface area contributed by atoms with Gasteiger partial charge in [-0.3, -0.25) is 37.3 Å². The predicted octanol–water partition coefficient (Wildman–Crippen LogP) is 20.2. The molecule has 0 spiro atoms. The zero-order valence-electron chi connectivity index (χ0n) is 58.6. The van der Waals surface area contributed by atoms with E-state index in [1.54, 1.807) is 0 Å². The largest absolute Gasteiger partial charge is 0.472 e. The minimum atomic E-state index is -4.95. The Morgan fingerprint density at radius 3 is 0.844 bits per heavy atom. The van der Waals surface area contributed by atoms with Gasteiger partial charge in [-0.2, -0.15) is 0 Å². The average molecular weight is 1330 g/mol. The topological polar surface area (TPSA) is 237 Å². The van der Waals surface area contributed by atoms with Crippen LogP contribution in [-0.2, 0) is 65.4 Å². The monoisotopic (exact) mass is 1320 g/mol. The zero-order valence-corrected chi connectivity index (χ0v) is 60.4. The van der Waals surface area contributed by atoms with Gasteiger partial charge in [0.15, 0.2) is 12.2 Å². The molecule has 0 rings (SSSR count). The number of phosphoric acid groups is 2. The van der Waals surface area contributed by atoms with Gasteiger partial charge in [-0.05, 0) is 43.4 Å².